The van der Waals surface area contributed by atoms with E-state index in [0.29, 0.717) is 5.91 Å². The minimum atomic E-state index is 0.228. The molecule has 116 valence electrons. The average Bonchev–Trinajstić information content (AvgIpc) is 2.99. The third-order valence-electron chi connectivity index (χ3n) is 2.86. The second-order valence-electron chi connectivity index (χ2n) is 3.78. The van der Waals surface area contributed by atoms with E-state index >= 15 is 0 Å². The maximum Gasteiger partial charge on any atom is 0.223 e. The van der Waals surface area contributed by atoms with Gasteiger partial charge < -0.3 is 10.0 Å². The zero-order valence-electron chi connectivity index (χ0n) is 13.9. The third kappa shape index (κ3) is 6.71. The summed E-state index contributed by atoms with van der Waals surface area (Å²) in [7, 11) is 1.00. The number of carbonyl (C=O) groups is 1. The third-order valence-corrected chi connectivity index (χ3v) is 2.86. The quantitative estimate of drug-likeness (QED) is 0.889. The van der Waals surface area contributed by atoms with Gasteiger partial charge in [0.05, 0.1) is 6.04 Å². The first-order chi connectivity index (χ1) is 9.79. The smallest absolute Gasteiger partial charge is 0.223 e. The minimum absolute atomic E-state index is 0.228. The maximum atomic E-state index is 11.5. The van der Waals surface area contributed by atoms with Crippen molar-refractivity contribution in [1.29, 1.82) is 0 Å². The van der Waals surface area contributed by atoms with Gasteiger partial charge in [0, 0.05) is 20.1 Å². The van der Waals surface area contributed by atoms with E-state index in [2.05, 4.69) is 19.1 Å². The summed E-state index contributed by atoms with van der Waals surface area (Å²) in [6.45, 7) is 11.0. The van der Waals surface area contributed by atoms with Crippen LogP contribution in [0, 0.1) is 0 Å². The summed E-state index contributed by atoms with van der Waals surface area (Å²) < 4.78 is 0. The Hall–Kier alpha value is -1.35. The molecule has 1 aromatic rings. The van der Waals surface area contributed by atoms with Gasteiger partial charge in [-0.1, -0.05) is 58.0 Å². The summed E-state index contributed by atoms with van der Waals surface area (Å²) in [4.78, 5) is 13.5. The van der Waals surface area contributed by atoms with Crippen molar-refractivity contribution in [2.45, 2.75) is 53.5 Å². The van der Waals surface area contributed by atoms with E-state index in [4.69, 9.17) is 5.11 Å². The van der Waals surface area contributed by atoms with E-state index < -0.39 is 0 Å². The van der Waals surface area contributed by atoms with Gasteiger partial charge in [-0.25, -0.2) is 0 Å². The number of nitrogens with zero attached hydrogens (tertiary/aromatic N) is 1. The number of amides is 1. The topological polar surface area (TPSA) is 40.5 Å². The van der Waals surface area contributed by atoms with Gasteiger partial charge in [-0.3, -0.25) is 4.79 Å². The van der Waals surface area contributed by atoms with Gasteiger partial charge in [0.25, 0.3) is 0 Å². The molecule has 1 aromatic carbocycles. The average molecular weight is 281 g/mol. The number of aliphatic hydroxyl groups is 1. The molecule has 1 fully saturated rings. The zero-order chi connectivity index (χ0) is 16.0. The summed E-state index contributed by atoms with van der Waals surface area (Å²) in [5, 5.41) is 7.00. The predicted molar refractivity (Wildman–Crippen MR) is 86.6 cm³/mol. The van der Waals surface area contributed by atoms with Crippen molar-refractivity contribution >= 4 is 5.91 Å². The Balaban J connectivity index is 0. The van der Waals surface area contributed by atoms with Gasteiger partial charge in [-0.2, -0.15) is 0 Å². The van der Waals surface area contributed by atoms with Crippen molar-refractivity contribution < 1.29 is 9.90 Å². The van der Waals surface area contributed by atoms with Crippen LogP contribution in [0.25, 0.3) is 0 Å². The SMILES string of the molecule is CC.CC.CC(c1ccccc1)N1CCCC1=O.CO. The van der Waals surface area contributed by atoms with E-state index in [1.54, 1.807) is 0 Å². The molecule has 3 nitrogen and oxygen atoms in total. The fraction of sp³-hybridized carbons (Fsp3) is 0.588. The number of rotatable bonds is 2. The normalized spacial score (nSPS) is 13.9. The lowest BCUT2D eigenvalue weighted by atomic mass is 10.1. The molecule has 0 aromatic heterocycles. The molecule has 0 radical (unpaired) electrons. The summed E-state index contributed by atoms with van der Waals surface area (Å²) >= 11 is 0. The van der Waals surface area contributed by atoms with E-state index in [0.717, 1.165) is 26.5 Å². The van der Waals surface area contributed by atoms with Crippen molar-refractivity contribution in [3.8, 4) is 0 Å². The lowest BCUT2D eigenvalue weighted by Crippen LogP contribution is -2.27. The van der Waals surface area contributed by atoms with Gasteiger partial charge in [0.2, 0.25) is 5.91 Å². The van der Waals surface area contributed by atoms with Crippen LogP contribution in [0.4, 0.5) is 0 Å². The van der Waals surface area contributed by atoms with Crippen LogP contribution >= 0.6 is 0 Å². The fourth-order valence-electron chi connectivity index (χ4n) is 1.99. The van der Waals surface area contributed by atoms with Crippen molar-refractivity contribution in [3.63, 3.8) is 0 Å². The molecule has 3 heteroatoms. The molecule has 1 atom stereocenters. The van der Waals surface area contributed by atoms with Crippen molar-refractivity contribution in [2.75, 3.05) is 13.7 Å². The van der Waals surface area contributed by atoms with Crippen LogP contribution in [-0.4, -0.2) is 29.6 Å². The molecule has 2 rings (SSSR count). The molecule has 1 N–H and O–H groups in total. The van der Waals surface area contributed by atoms with Gasteiger partial charge in [-0.05, 0) is 18.9 Å². The number of hydrogen-bond acceptors (Lipinski definition) is 2. The highest BCUT2D eigenvalue weighted by atomic mass is 16.2. The van der Waals surface area contributed by atoms with E-state index in [9.17, 15) is 4.79 Å². The lowest BCUT2D eigenvalue weighted by Gasteiger charge is -2.24. The number of aliphatic hydroxyl groups excluding tert-OH is 1. The highest BCUT2D eigenvalue weighted by molar-refractivity contribution is 5.78. The molecule has 1 amide bonds. The first kappa shape index (κ1) is 21.0. The highest BCUT2D eigenvalue weighted by Gasteiger charge is 2.25. The molecule has 1 heterocycles. The van der Waals surface area contributed by atoms with Crippen LogP contribution in [0.2, 0.25) is 0 Å². The summed E-state index contributed by atoms with van der Waals surface area (Å²) in [6.07, 6.45) is 1.73. The Morgan fingerprint density at radius 1 is 1.05 bits per heavy atom. The van der Waals surface area contributed by atoms with E-state index in [1.807, 2.05) is 50.8 Å². The van der Waals surface area contributed by atoms with Crippen LogP contribution in [0.1, 0.15) is 59.1 Å². The first-order valence-corrected chi connectivity index (χ1v) is 7.58. The predicted octanol–water partition coefficient (Wildman–Crippen LogP) is 4.03. The Labute approximate surface area is 124 Å². The van der Waals surface area contributed by atoms with Gasteiger partial charge in [0.1, 0.15) is 0 Å². The van der Waals surface area contributed by atoms with E-state index in [1.165, 1.54) is 5.56 Å². The molecule has 0 saturated carbocycles. The molecule has 1 aliphatic heterocycles. The number of likely N-dealkylation sites (tertiary alicyclic amines) is 1. The molecule has 20 heavy (non-hydrogen) atoms. The van der Waals surface area contributed by atoms with E-state index in [-0.39, 0.29) is 6.04 Å². The fourth-order valence-corrected chi connectivity index (χ4v) is 1.99. The summed E-state index contributed by atoms with van der Waals surface area (Å²) in [6, 6.07) is 10.4. The Bertz CT molecular complexity index is 325. The Morgan fingerprint density at radius 2 is 1.55 bits per heavy atom. The highest BCUT2D eigenvalue weighted by Crippen LogP contribution is 2.24. The minimum Gasteiger partial charge on any atom is -0.400 e. The largest absolute Gasteiger partial charge is 0.400 e. The van der Waals surface area contributed by atoms with Gasteiger partial charge in [0.15, 0.2) is 0 Å². The second-order valence-corrected chi connectivity index (χ2v) is 3.78. The summed E-state index contributed by atoms with van der Waals surface area (Å²) in [5.74, 6) is 0.293. The maximum absolute atomic E-state index is 11.5. The van der Waals surface area contributed by atoms with Gasteiger partial charge in [-0.15, -0.1) is 0 Å². The molecule has 1 unspecified atom stereocenters. The molecule has 0 aliphatic carbocycles. The molecule has 1 saturated heterocycles. The van der Waals surface area contributed by atoms with Crippen LogP contribution < -0.4 is 0 Å². The van der Waals surface area contributed by atoms with Crippen LogP contribution in [0.5, 0.6) is 0 Å². The van der Waals surface area contributed by atoms with Crippen LogP contribution in [0.15, 0.2) is 30.3 Å². The zero-order valence-corrected chi connectivity index (χ0v) is 13.9. The molecular weight excluding hydrogens is 250 g/mol. The van der Waals surface area contributed by atoms with Crippen molar-refractivity contribution in [1.82, 2.24) is 4.90 Å². The monoisotopic (exact) mass is 281 g/mol. The molecule has 0 bridgehead atoms. The number of carbonyl (C=O) groups excluding carboxylic acids is 1. The number of hydrogen-bond donors (Lipinski definition) is 1. The second kappa shape index (κ2) is 14.1. The van der Waals surface area contributed by atoms with Gasteiger partial charge >= 0.3 is 0 Å². The Kier molecular flexibility index (Phi) is 14.7. The van der Waals surface area contributed by atoms with Crippen molar-refractivity contribution in [2.24, 2.45) is 0 Å². The Morgan fingerprint density at radius 3 is 1.95 bits per heavy atom. The number of benzene rings is 1. The molecular formula is C17H31NO2. The lowest BCUT2D eigenvalue weighted by molar-refractivity contribution is -0.129. The van der Waals surface area contributed by atoms with Crippen LogP contribution in [-0.2, 0) is 4.79 Å². The first-order valence-electron chi connectivity index (χ1n) is 7.58. The molecule has 1 aliphatic rings. The standard InChI is InChI=1S/C12H15NO.2C2H6.CH4O/c1-10(11-6-3-2-4-7-11)13-9-5-8-12(13)14;3*1-2/h2-4,6-7,10H,5,8-9H2,1H3;2*1-2H3;2H,1H3. The van der Waals surface area contributed by atoms with Crippen LogP contribution in [0.3, 0.4) is 0 Å². The molecule has 0 spiro atoms. The van der Waals surface area contributed by atoms with Crippen molar-refractivity contribution in [3.05, 3.63) is 35.9 Å². The summed E-state index contributed by atoms with van der Waals surface area (Å²) in [5.41, 5.74) is 1.22.